The molecule has 0 unspecified atom stereocenters. The molecule has 0 saturated carbocycles. The van der Waals surface area contributed by atoms with Gasteiger partial charge in [-0.1, -0.05) is 6.07 Å². The zero-order chi connectivity index (χ0) is 14.8. The largest absolute Gasteiger partial charge is 0.497 e. The summed E-state index contributed by atoms with van der Waals surface area (Å²) in [6.45, 7) is 1.69. The van der Waals surface area contributed by atoms with Crippen molar-refractivity contribution in [2.75, 3.05) is 18.6 Å². The number of pyridine rings is 1. The van der Waals surface area contributed by atoms with Crippen LogP contribution in [0.15, 0.2) is 36.5 Å². The molecule has 3 rings (SSSR count). The number of anilines is 1. The Balaban J connectivity index is 1.88. The molecule has 2 N–H and O–H groups in total. The van der Waals surface area contributed by atoms with Gasteiger partial charge in [-0.25, -0.2) is 0 Å². The van der Waals surface area contributed by atoms with E-state index in [1.165, 1.54) is 11.1 Å². The van der Waals surface area contributed by atoms with Gasteiger partial charge in [0.05, 0.1) is 7.11 Å². The molecule has 0 aliphatic carbocycles. The molecule has 108 valence electrons. The second-order valence-corrected chi connectivity index (χ2v) is 5.07. The van der Waals surface area contributed by atoms with Crippen LogP contribution in [-0.4, -0.2) is 24.5 Å². The second kappa shape index (κ2) is 5.44. The van der Waals surface area contributed by atoms with Gasteiger partial charge in [-0.05, 0) is 41.8 Å². The number of rotatable bonds is 3. The van der Waals surface area contributed by atoms with E-state index in [1.54, 1.807) is 19.4 Å². The first-order valence-corrected chi connectivity index (χ1v) is 6.84. The molecule has 5 heteroatoms. The first-order chi connectivity index (χ1) is 10.2. The average molecular weight is 283 g/mol. The monoisotopic (exact) mass is 283 g/mol. The number of amides is 1. The van der Waals surface area contributed by atoms with Crippen LogP contribution in [0.5, 0.6) is 5.75 Å². The maximum atomic E-state index is 11.2. The van der Waals surface area contributed by atoms with Crippen molar-refractivity contribution in [2.24, 2.45) is 5.73 Å². The van der Waals surface area contributed by atoms with E-state index >= 15 is 0 Å². The quantitative estimate of drug-likeness (QED) is 0.932. The molecule has 0 saturated heterocycles. The number of methoxy groups -OCH3 is 1. The lowest BCUT2D eigenvalue weighted by atomic mass is 9.99. The Hall–Kier alpha value is -2.56. The van der Waals surface area contributed by atoms with Gasteiger partial charge in [-0.2, -0.15) is 0 Å². The van der Waals surface area contributed by atoms with Crippen molar-refractivity contribution in [3.05, 3.63) is 53.3 Å². The maximum Gasteiger partial charge on any atom is 0.267 e. The molecule has 1 aliphatic heterocycles. The summed E-state index contributed by atoms with van der Waals surface area (Å²) in [7, 11) is 1.67. The number of benzene rings is 1. The van der Waals surface area contributed by atoms with Crippen LogP contribution in [0.1, 0.15) is 21.6 Å². The number of nitrogens with zero attached hydrogens (tertiary/aromatic N) is 2. The highest BCUT2D eigenvalue weighted by atomic mass is 16.5. The predicted molar refractivity (Wildman–Crippen MR) is 80.5 cm³/mol. The van der Waals surface area contributed by atoms with Crippen LogP contribution < -0.4 is 15.4 Å². The summed E-state index contributed by atoms with van der Waals surface area (Å²) in [4.78, 5) is 17.4. The minimum absolute atomic E-state index is 0.295. The van der Waals surface area contributed by atoms with E-state index in [-0.39, 0.29) is 0 Å². The molecule has 0 fully saturated rings. The van der Waals surface area contributed by atoms with Gasteiger partial charge in [0.2, 0.25) is 0 Å². The lowest BCUT2D eigenvalue weighted by molar-refractivity contribution is 0.0995. The first-order valence-electron chi connectivity index (χ1n) is 6.84. The topological polar surface area (TPSA) is 68.4 Å². The number of carbonyl (C=O) groups excluding carboxylic acids is 1. The molecule has 1 amide bonds. The molecule has 0 atom stereocenters. The number of ether oxygens (including phenoxy) is 1. The maximum absolute atomic E-state index is 11.2. The normalized spacial score (nSPS) is 13.7. The van der Waals surface area contributed by atoms with E-state index in [0.29, 0.717) is 5.69 Å². The molecule has 1 aliphatic rings. The van der Waals surface area contributed by atoms with Gasteiger partial charge in [0, 0.05) is 25.0 Å². The van der Waals surface area contributed by atoms with Gasteiger partial charge in [0.15, 0.2) is 0 Å². The van der Waals surface area contributed by atoms with Crippen molar-refractivity contribution in [2.45, 2.75) is 13.0 Å². The van der Waals surface area contributed by atoms with Crippen LogP contribution in [0.3, 0.4) is 0 Å². The molecular weight excluding hydrogens is 266 g/mol. The molecule has 0 bridgehead atoms. The van der Waals surface area contributed by atoms with Crippen LogP contribution in [0.4, 0.5) is 5.69 Å². The summed E-state index contributed by atoms with van der Waals surface area (Å²) in [6.07, 6.45) is 2.59. The average Bonchev–Trinajstić information content (AvgIpc) is 2.53. The van der Waals surface area contributed by atoms with Crippen LogP contribution >= 0.6 is 0 Å². The molecule has 0 radical (unpaired) electrons. The van der Waals surface area contributed by atoms with Gasteiger partial charge >= 0.3 is 0 Å². The van der Waals surface area contributed by atoms with Gasteiger partial charge in [-0.3, -0.25) is 9.78 Å². The number of hydrogen-bond acceptors (Lipinski definition) is 4. The molecule has 0 spiro atoms. The lowest BCUT2D eigenvalue weighted by Crippen LogP contribution is -2.30. The van der Waals surface area contributed by atoms with Crippen LogP contribution in [-0.2, 0) is 13.0 Å². The van der Waals surface area contributed by atoms with Crippen molar-refractivity contribution in [1.29, 1.82) is 0 Å². The molecule has 2 heterocycles. The zero-order valence-electron chi connectivity index (χ0n) is 11.9. The Morgan fingerprint density at radius 1 is 1.29 bits per heavy atom. The van der Waals surface area contributed by atoms with E-state index in [1.807, 2.05) is 12.1 Å². The molecule has 21 heavy (non-hydrogen) atoms. The molecule has 2 aromatic rings. The Morgan fingerprint density at radius 2 is 2.14 bits per heavy atom. The summed E-state index contributed by atoms with van der Waals surface area (Å²) in [6, 6.07) is 9.82. The highest BCUT2D eigenvalue weighted by Crippen LogP contribution is 2.27. The summed E-state index contributed by atoms with van der Waals surface area (Å²) in [5.41, 5.74) is 9.14. The fraction of sp³-hybridized carbons (Fsp3) is 0.250. The standard InChI is InChI=1S/C16H17N3O2/c1-21-14-3-2-11-5-7-19(10-12(11)8-14)13-4-6-18-15(9-13)16(17)20/h2-4,6,8-9H,5,7,10H2,1H3,(H2,17,20). The van der Waals surface area contributed by atoms with Gasteiger partial charge in [0.25, 0.3) is 5.91 Å². The number of carbonyl (C=O) groups is 1. The van der Waals surface area contributed by atoms with E-state index in [0.717, 1.165) is 30.9 Å². The van der Waals surface area contributed by atoms with Gasteiger partial charge in [0.1, 0.15) is 11.4 Å². The van der Waals surface area contributed by atoms with Gasteiger partial charge in [-0.15, -0.1) is 0 Å². The number of fused-ring (bicyclic) bond motifs is 1. The molecule has 5 nitrogen and oxygen atoms in total. The Labute approximate surface area is 123 Å². The molecule has 1 aromatic heterocycles. The lowest BCUT2D eigenvalue weighted by Gasteiger charge is -2.31. The summed E-state index contributed by atoms with van der Waals surface area (Å²) in [5, 5.41) is 0. The fourth-order valence-corrected chi connectivity index (χ4v) is 2.63. The van der Waals surface area contributed by atoms with E-state index in [9.17, 15) is 4.79 Å². The minimum Gasteiger partial charge on any atom is -0.497 e. The summed E-state index contributed by atoms with van der Waals surface area (Å²) in [5.74, 6) is 0.360. The smallest absolute Gasteiger partial charge is 0.267 e. The van der Waals surface area contributed by atoms with Crippen LogP contribution in [0.25, 0.3) is 0 Å². The van der Waals surface area contributed by atoms with Crippen LogP contribution in [0.2, 0.25) is 0 Å². The Morgan fingerprint density at radius 3 is 2.90 bits per heavy atom. The first kappa shape index (κ1) is 13.4. The van der Waals surface area contributed by atoms with Crippen molar-refractivity contribution in [3.63, 3.8) is 0 Å². The van der Waals surface area contributed by atoms with Crippen molar-refractivity contribution < 1.29 is 9.53 Å². The fourth-order valence-electron chi connectivity index (χ4n) is 2.63. The zero-order valence-corrected chi connectivity index (χ0v) is 11.9. The number of primary amides is 1. The Kier molecular flexibility index (Phi) is 3.48. The number of hydrogen-bond donors (Lipinski definition) is 1. The molecule has 1 aromatic carbocycles. The summed E-state index contributed by atoms with van der Waals surface area (Å²) < 4.78 is 5.28. The van der Waals surface area contributed by atoms with Crippen LogP contribution in [0, 0.1) is 0 Å². The second-order valence-electron chi connectivity index (χ2n) is 5.07. The van der Waals surface area contributed by atoms with Crippen molar-refractivity contribution in [3.8, 4) is 5.75 Å². The number of nitrogens with two attached hydrogens (primary N) is 1. The number of aromatic nitrogens is 1. The van der Waals surface area contributed by atoms with Gasteiger partial charge < -0.3 is 15.4 Å². The third-order valence-electron chi connectivity index (χ3n) is 3.79. The van der Waals surface area contributed by atoms with Crippen molar-refractivity contribution >= 4 is 11.6 Å². The third-order valence-corrected chi connectivity index (χ3v) is 3.79. The Bertz CT molecular complexity index is 685. The molecular formula is C16H17N3O2. The van der Waals surface area contributed by atoms with E-state index in [2.05, 4.69) is 22.0 Å². The minimum atomic E-state index is -0.504. The highest BCUT2D eigenvalue weighted by molar-refractivity contribution is 5.91. The van der Waals surface area contributed by atoms with E-state index in [4.69, 9.17) is 10.5 Å². The van der Waals surface area contributed by atoms with E-state index < -0.39 is 5.91 Å². The van der Waals surface area contributed by atoms with Crippen molar-refractivity contribution in [1.82, 2.24) is 4.98 Å². The highest BCUT2D eigenvalue weighted by Gasteiger charge is 2.18. The SMILES string of the molecule is COc1ccc2c(c1)CN(c1ccnc(C(N)=O)c1)CC2. The third kappa shape index (κ3) is 2.67. The summed E-state index contributed by atoms with van der Waals surface area (Å²) >= 11 is 0. The predicted octanol–water partition coefficient (Wildman–Crippen LogP) is 1.75.